The van der Waals surface area contributed by atoms with E-state index in [-0.39, 0.29) is 22.4 Å². The Morgan fingerprint density at radius 2 is 1.42 bits per heavy atom. The van der Waals surface area contributed by atoms with Crippen LogP contribution in [0.25, 0.3) is 16.9 Å². The zero-order chi connectivity index (χ0) is 25.1. The lowest BCUT2D eigenvalue weighted by Crippen LogP contribution is -2.17. The van der Waals surface area contributed by atoms with Gasteiger partial charge in [0.1, 0.15) is 0 Å². The molecule has 0 unspecified atom stereocenters. The maximum Gasteiger partial charge on any atom is 0.277 e. The molecule has 2 aromatic heterocycles. The van der Waals surface area contributed by atoms with Crippen molar-refractivity contribution in [3.63, 3.8) is 0 Å². The Labute approximate surface area is 207 Å². The van der Waals surface area contributed by atoms with Crippen molar-refractivity contribution >= 4 is 32.8 Å². The molecule has 0 aliphatic carbocycles. The molecule has 5 rings (SSSR count). The quantitative estimate of drug-likeness (QED) is 0.392. The van der Waals surface area contributed by atoms with Gasteiger partial charge in [0.25, 0.3) is 15.9 Å². The van der Waals surface area contributed by atoms with E-state index < -0.39 is 10.0 Å². The molecule has 2 heterocycles. The molecule has 0 atom stereocenters. The Balaban J connectivity index is 1.55. The van der Waals surface area contributed by atoms with Crippen LogP contribution < -0.4 is 10.1 Å². The van der Waals surface area contributed by atoms with Gasteiger partial charge in [0.15, 0.2) is 11.6 Å². The molecule has 0 spiro atoms. The lowest BCUT2D eigenvalue weighted by atomic mass is 10.1. The molecular weight excluding hydrogens is 474 g/mol. The minimum Gasteiger partial charge on any atom is -0.305 e. The first-order valence-corrected chi connectivity index (χ1v) is 12.6. The first-order chi connectivity index (χ1) is 17.4. The van der Waals surface area contributed by atoms with Crippen LogP contribution in [0.15, 0.2) is 113 Å². The predicted octanol–water partition coefficient (Wildman–Crippen LogP) is 4.27. The van der Waals surface area contributed by atoms with Crippen molar-refractivity contribution in [1.82, 2.24) is 14.5 Å². The SMILES string of the molecule is Cc1ccccc1C(=O)N=c1ccn(-c2nc3ccccc3nc2NS(=O)(=O)c2ccccc2)cc1. The number of fused-ring (bicyclic) bond motifs is 1. The topological polar surface area (TPSA) is 106 Å². The van der Waals surface area contributed by atoms with E-state index in [0.717, 1.165) is 5.56 Å². The highest BCUT2D eigenvalue weighted by Crippen LogP contribution is 2.23. The van der Waals surface area contributed by atoms with Gasteiger partial charge in [0, 0.05) is 18.0 Å². The van der Waals surface area contributed by atoms with Crippen LogP contribution in [0, 0.1) is 6.92 Å². The summed E-state index contributed by atoms with van der Waals surface area (Å²) in [5.41, 5.74) is 2.53. The van der Waals surface area contributed by atoms with Crippen molar-refractivity contribution in [2.75, 3.05) is 4.72 Å². The first-order valence-electron chi connectivity index (χ1n) is 11.1. The van der Waals surface area contributed by atoms with Crippen LogP contribution in [0.4, 0.5) is 5.82 Å². The minimum absolute atomic E-state index is 0.0724. The highest BCUT2D eigenvalue weighted by atomic mass is 32.2. The number of rotatable bonds is 5. The number of hydrogen-bond donors (Lipinski definition) is 1. The molecule has 0 radical (unpaired) electrons. The molecular formula is C27H21N5O3S. The van der Waals surface area contributed by atoms with Gasteiger partial charge in [0.05, 0.1) is 21.3 Å². The number of hydrogen-bond acceptors (Lipinski definition) is 5. The first kappa shape index (κ1) is 23.1. The number of carbonyl (C=O) groups is 1. The number of para-hydroxylation sites is 2. The smallest absolute Gasteiger partial charge is 0.277 e. The molecule has 9 heteroatoms. The van der Waals surface area contributed by atoms with Gasteiger partial charge >= 0.3 is 0 Å². The van der Waals surface area contributed by atoms with Crippen LogP contribution in [0.5, 0.6) is 0 Å². The van der Waals surface area contributed by atoms with E-state index in [1.165, 1.54) is 12.1 Å². The number of aromatic nitrogens is 3. The van der Waals surface area contributed by atoms with E-state index in [9.17, 15) is 13.2 Å². The third kappa shape index (κ3) is 4.77. The third-order valence-corrected chi connectivity index (χ3v) is 6.85. The van der Waals surface area contributed by atoms with Gasteiger partial charge in [0.2, 0.25) is 0 Å². The number of benzene rings is 3. The number of pyridine rings is 1. The van der Waals surface area contributed by atoms with Gasteiger partial charge in [-0.05, 0) is 55.0 Å². The van der Waals surface area contributed by atoms with Crippen molar-refractivity contribution in [2.45, 2.75) is 11.8 Å². The lowest BCUT2D eigenvalue weighted by Gasteiger charge is -2.14. The average molecular weight is 496 g/mol. The minimum atomic E-state index is -3.90. The summed E-state index contributed by atoms with van der Waals surface area (Å²) in [6, 6.07) is 25.8. The van der Waals surface area contributed by atoms with Crippen LogP contribution >= 0.6 is 0 Å². The summed E-state index contributed by atoms with van der Waals surface area (Å²) < 4.78 is 30.2. The Hall–Kier alpha value is -4.63. The van der Waals surface area contributed by atoms with E-state index in [1.807, 2.05) is 25.1 Å². The number of aryl methyl sites for hydroxylation is 1. The summed E-state index contributed by atoms with van der Waals surface area (Å²) in [7, 11) is -3.90. The van der Waals surface area contributed by atoms with E-state index in [0.29, 0.717) is 22.0 Å². The summed E-state index contributed by atoms with van der Waals surface area (Å²) in [5, 5.41) is 0.458. The summed E-state index contributed by atoms with van der Waals surface area (Å²) in [5.74, 6) is 0.0147. The summed E-state index contributed by atoms with van der Waals surface area (Å²) in [6.07, 6.45) is 3.31. The molecule has 3 aromatic carbocycles. The molecule has 36 heavy (non-hydrogen) atoms. The number of nitrogens with zero attached hydrogens (tertiary/aromatic N) is 4. The maximum absolute atomic E-state index is 13.0. The molecule has 1 amide bonds. The van der Waals surface area contributed by atoms with Crippen molar-refractivity contribution in [1.29, 1.82) is 0 Å². The number of nitrogens with one attached hydrogen (secondary N) is 1. The van der Waals surface area contributed by atoms with Crippen LogP contribution in [-0.2, 0) is 10.0 Å². The molecule has 0 bridgehead atoms. The van der Waals surface area contributed by atoms with E-state index >= 15 is 0 Å². The van der Waals surface area contributed by atoms with E-state index in [1.54, 1.807) is 77.6 Å². The van der Waals surface area contributed by atoms with Crippen LogP contribution in [0.1, 0.15) is 15.9 Å². The van der Waals surface area contributed by atoms with Gasteiger partial charge in [-0.3, -0.25) is 9.52 Å². The predicted molar refractivity (Wildman–Crippen MR) is 137 cm³/mol. The van der Waals surface area contributed by atoms with Crippen molar-refractivity contribution in [3.8, 4) is 5.82 Å². The third-order valence-electron chi connectivity index (χ3n) is 5.50. The normalized spacial score (nSPS) is 11.2. The highest BCUT2D eigenvalue weighted by molar-refractivity contribution is 7.92. The van der Waals surface area contributed by atoms with Crippen molar-refractivity contribution in [2.24, 2.45) is 4.99 Å². The van der Waals surface area contributed by atoms with Gasteiger partial charge in [-0.15, -0.1) is 0 Å². The summed E-state index contributed by atoms with van der Waals surface area (Å²) in [4.78, 5) is 26.1. The summed E-state index contributed by atoms with van der Waals surface area (Å²) in [6.45, 7) is 1.86. The molecule has 0 aliphatic rings. The Bertz CT molecular complexity index is 1740. The van der Waals surface area contributed by atoms with Crippen LogP contribution in [-0.4, -0.2) is 28.9 Å². The van der Waals surface area contributed by atoms with Crippen molar-refractivity contribution < 1.29 is 13.2 Å². The number of amides is 1. The second kappa shape index (κ2) is 9.55. The highest BCUT2D eigenvalue weighted by Gasteiger charge is 2.19. The van der Waals surface area contributed by atoms with Crippen molar-refractivity contribution in [3.05, 3.63) is 120 Å². The fourth-order valence-electron chi connectivity index (χ4n) is 3.65. The van der Waals surface area contributed by atoms with E-state index in [4.69, 9.17) is 0 Å². The molecule has 0 saturated carbocycles. The fourth-order valence-corrected chi connectivity index (χ4v) is 4.67. The molecule has 0 fully saturated rings. The zero-order valence-corrected chi connectivity index (χ0v) is 20.1. The number of carbonyl (C=O) groups excluding carboxylic acids is 1. The van der Waals surface area contributed by atoms with Gasteiger partial charge < -0.3 is 4.57 Å². The summed E-state index contributed by atoms with van der Waals surface area (Å²) >= 11 is 0. The van der Waals surface area contributed by atoms with Crippen LogP contribution in [0.3, 0.4) is 0 Å². The van der Waals surface area contributed by atoms with E-state index in [2.05, 4.69) is 19.7 Å². The standard InChI is InChI=1S/C27H21N5O3S/c1-19-9-5-6-12-22(19)27(33)28-20-15-17-32(18-16-20)26-25(29-23-13-7-8-14-24(23)30-26)31-36(34,35)21-10-3-2-4-11-21/h2-18H,1H3,(H,29,31). The molecule has 1 N–H and O–H groups in total. The Morgan fingerprint density at radius 1 is 0.806 bits per heavy atom. The van der Waals surface area contributed by atoms with Gasteiger partial charge in [-0.1, -0.05) is 48.5 Å². The molecule has 0 aliphatic heterocycles. The Morgan fingerprint density at radius 3 is 2.11 bits per heavy atom. The maximum atomic E-state index is 13.0. The monoisotopic (exact) mass is 495 g/mol. The molecule has 8 nitrogen and oxygen atoms in total. The van der Waals surface area contributed by atoms with Crippen LogP contribution in [0.2, 0.25) is 0 Å². The van der Waals surface area contributed by atoms with Gasteiger partial charge in [-0.25, -0.2) is 23.4 Å². The fraction of sp³-hybridized carbons (Fsp3) is 0.0370. The lowest BCUT2D eigenvalue weighted by molar-refractivity contribution is 0.0998. The number of sulfonamides is 1. The molecule has 0 saturated heterocycles. The average Bonchev–Trinajstić information content (AvgIpc) is 2.89. The Kier molecular flexibility index (Phi) is 6.14. The largest absolute Gasteiger partial charge is 0.305 e. The number of anilines is 1. The molecule has 5 aromatic rings. The second-order valence-corrected chi connectivity index (χ2v) is 9.68. The zero-order valence-electron chi connectivity index (χ0n) is 19.2. The second-order valence-electron chi connectivity index (χ2n) is 8.00. The molecule has 178 valence electrons. The van der Waals surface area contributed by atoms with Gasteiger partial charge in [-0.2, -0.15) is 0 Å².